The molecular formula is C27H26ClN5O3S. The number of thioether (sulfide) groups is 1. The number of hydrogen-bond donors (Lipinski definition) is 1. The van der Waals surface area contributed by atoms with Crippen LogP contribution in [-0.4, -0.2) is 39.7 Å². The Bertz CT molecular complexity index is 1360. The van der Waals surface area contributed by atoms with Crippen LogP contribution in [-0.2, 0) is 17.9 Å². The van der Waals surface area contributed by atoms with Gasteiger partial charge in [-0.25, -0.2) is 5.43 Å². The SMILES string of the molecule is CCn1c(SCC(=O)N/N=C\c2ccc(OC)c(OCc3ccccc3)c2)nnc1-c1ccc(Cl)cc1. The normalized spacial score (nSPS) is 11.0. The molecule has 0 aliphatic rings. The second-order valence-electron chi connectivity index (χ2n) is 7.82. The summed E-state index contributed by atoms with van der Waals surface area (Å²) >= 11 is 7.28. The van der Waals surface area contributed by atoms with Crippen molar-refractivity contribution in [3.05, 3.63) is 88.9 Å². The summed E-state index contributed by atoms with van der Waals surface area (Å²) in [6.45, 7) is 3.08. The molecule has 0 atom stereocenters. The van der Waals surface area contributed by atoms with Crippen LogP contribution in [0.25, 0.3) is 11.4 Å². The predicted octanol–water partition coefficient (Wildman–Crippen LogP) is 5.45. The lowest BCUT2D eigenvalue weighted by atomic mass is 10.2. The molecule has 0 fully saturated rings. The van der Waals surface area contributed by atoms with E-state index in [1.54, 1.807) is 19.4 Å². The second kappa shape index (κ2) is 12.9. The Balaban J connectivity index is 1.33. The maximum Gasteiger partial charge on any atom is 0.250 e. The minimum Gasteiger partial charge on any atom is -0.493 e. The molecular weight excluding hydrogens is 510 g/mol. The number of benzene rings is 3. The van der Waals surface area contributed by atoms with Crippen molar-refractivity contribution in [1.82, 2.24) is 20.2 Å². The van der Waals surface area contributed by atoms with Crippen molar-refractivity contribution >= 4 is 35.5 Å². The molecule has 0 unspecified atom stereocenters. The van der Waals surface area contributed by atoms with Crippen LogP contribution in [0.1, 0.15) is 18.1 Å². The van der Waals surface area contributed by atoms with E-state index in [0.717, 1.165) is 22.5 Å². The molecule has 1 amide bonds. The van der Waals surface area contributed by atoms with Gasteiger partial charge in [0.15, 0.2) is 22.5 Å². The molecule has 0 bridgehead atoms. The zero-order valence-corrected chi connectivity index (χ0v) is 22.0. The summed E-state index contributed by atoms with van der Waals surface area (Å²) in [5.74, 6) is 1.82. The standard InChI is InChI=1S/C27H26ClN5O3S/c1-3-33-26(21-10-12-22(28)13-11-21)31-32-27(33)37-18-25(34)30-29-16-20-9-14-23(35-2)24(15-20)36-17-19-7-5-4-6-8-19/h4-16H,3,17-18H2,1-2H3,(H,30,34)/b29-16-. The number of nitrogens with one attached hydrogen (secondary N) is 1. The Kier molecular flexibility index (Phi) is 9.18. The number of rotatable bonds is 11. The third-order valence-electron chi connectivity index (χ3n) is 5.30. The van der Waals surface area contributed by atoms with Gasteiger partial charge in [0, 0.05) is 17.1 Å². The van der Waals surface area contributed by atoms with Crippen molar-refractivity contribution in [3.8, 4) is 22.9 Å². The molecule has 0 saturated heterocycles. The first kappa shape index (κ1) is 26.2. The largest absolute Gasteiger partial charge is 0.493 e. The molecule has 8 nitrogen and oxygen atoms in total. The van der Waals surface area contributed by atoms with Crippen molar-refractivity contribution in [3.63, 3.8) is 0 Å². The third-order valence-corrected chi connectivity index (χ3v) is 6.51. The third kappa shape index (κ3) is 7.12. The quantitative estimate of drug-likeness (QED) is 0.156. The van der Waals surface area contributed by atoms with Crippen LogP contribution in [0.15, 0.2) is 83.1 Å². The molecule has 0 spiro atoms. The summed E-state index contributed by atoms with van der Waals surface area (Å²) in [7, 11) is 1.59. The Morgan fingerprint density at radius 3 is 2.59 bits per heavy atom. The van der Waals surface area contributed by atoms with E-state index >= 15 is 0 Å². The Morgan fingerprint density at radius 1 is 1.08 bits per heavy atom. The summed E-state index contributed by atoms with van der Waals surface area (Å²) in [6.07, 6.45) is 1.56. The van der Waals surface area contributed by atoms with Crippen molar-refractivity contribution < 1.29 is 14.3 Å². The topological polar surface area (TPSA) is 90.6 Å². The van der Waals surface area contributed by atoms with Gasteiger partial charge in [-0.05, 0) is 60.5 Å². The van der Waals surface area contributed by atoms with Gasteiger partial charge in [0.25, 0.3) is 5.91 Å². The fourth-order valence-electron chi connectivity index (χ4n) is 3.46. The van der Waals surface area contributed by atoms with Crippen molar-refractivity contribution in [1.29, 1.82) is 0 Å². The number of ether oxygens (including phenoxy) is 2. The summed E-state index contributed by atoms with van der Waals surface area (Å²) in [4.78, 5) is 12.4. The number of carbonyl (C=O) groups is 1. The lowest BCUT2D eigenvalue weighted by Gasteiger charge is -2.11. The number of hydrazone groups is 1. The maximum atomic E-state index is 12.4. The van der Waals surface area contributed by atoms with E-state index in [1.165, 1.54) is 11.8 Å². The van der Waals surface area contributed by atoms with Crippen LogP contribution < -0.4 is 14.9 Å². The summed E-state index contributed by atoms with van der Waals surface area (Å²) in [5, 5.41) is 13.9. The van der Waals surface area contributed by atoms with Crippen LogP contribution in [0.5, 0.6) is 11.5 Å². The number of methoxy groups -OCH3 is 1. The van der Waals surface area contributed by atoms with Crippen LogP contribution >= 0.6 is 23.4 Å². The Labute approximate surface area is 224 Å². The molecule has 3 aromatic carbocycles. The highest BCUT2D eigenvalue weighted by molar-refractivity contribution is 7.99. The minimum absolute atomic E-state index is 0.143. The highest BCUT2D eigenvalue weighted by Gasteiger charge is 2.14. The molecule has 4 rings (SSSR count). The van der Waals surface area contributed by atoms with E-state index in [4.69, 9.17) is 21.1 Å². The van der Waals surface area contributed by atoms with E-state index in [2.05, 4.69) is 20.7 Å². The molecule has 1 aromatic heterocycles. The number of hydrogen-bond acceptors (Lipinski definition) is 7. The van der Waals surface area contributed by atoms with Crippen LogP contribution in [0.2, 0.25) is 5.02 Å². The zero-order chi connectivity index (χ0) is 26.0. The zero-order valence-electron chi connectivity index (χ0n) is 20.4. The van der Waals surface area contributed by atoms with Crippen LogP contribution in [0, 0.1) is 0 Å². The van der Waals surface area contributed by atoms with Crippen molar-refractivity contribution in [2.75, 3.05) is 12.9 Å². The van der Waals surface area contributed by atoms with Gasteiger partial charge in [0.2, 0.25) is 0 Å². The molecule has 1 heterocycles. The van der Waals surface area contributed by atoms with Crippen molar-refractivity contribution in [2.45, 2.75) is 25.2 Å². The molecule has 0 aliphatic heterocycles. The van der Waals surface area contributed by atoms with Crippen LogP contribution in [0.4, 0.5) is 0 Å². The number of nitrogens with zero attached hydrogens (tertiary/aromatic N) is 4. The van der Waals surface area contributed by atoms with E-state index in [-0.39, 0.29) is 11.7 Å². The molecule has 0 radical (unpaired) electrons. The molecule has 1 N–H and O–H groups in total. The average molecular weight is 536 g/mol. The Morgan fingerprint density at radius 2 is 1.86 bits per heavy atom. The van der Waals surface area contributed by atoms with E-state index in [0.29, 0.717) is 34.8 Å². The highest BCUT2D eigenvalue weighted by atomic mass is 35.5. The van der Waals surface area contributed by atoms with E-state index < -0.39 is 0 Å². The van der Waals surface area contributed by atoms with Gasteiger partial charge in [-0.3, -0.25) is 4.79 Å². The van der Waals surface area contributed by atoms with Gasteiger partial charge < -0.3 is 14.0 Å². The summed E-state index contributed by atoms with van der Waals surface area (Å²) in [6, 6.07) is 22.7. The number of halogens is 1. The molecule has 0 saturated carbocycles. The lowest BCUT2D eigenvalue weighted by molar-refractivity contribution is -0.118. The van der Waals surface area contributed by atoms with Gasteiger partial charge in [-0.15, -0.1) is 10.2 Å². The molecule has 190 valence electrons. The average Bonchev–Trinajstić information content (AvgIpc) is 3.34. The summed E-state index contributed by atoms with van der Waals surface area (Å²) in [5.41, 5.74) is 5.27. The maximum absolute atomic E-state index is 12.4. The first-order valence-electron chi connectivity index (χ1n) is 11.6. The highest BCUT2D eigenvalue weighted by Crippen LogP contribution is 2.28. The van der Waals surface area contributed by atoms with Gasteiger partial charge in [0.05, 0.1) is 19.1 Å². The first-order valence-corrected chi connectivity index (χ1v) is 12.9. The molecule has 37 heavy (non-hydrogen) atoms. The number of amides is 1. The predicted molar refractivity (Wildman–Crippen MR) is 146 cm³/mol. The smallest absolute Gasteiger partial charge is 0.250 e. The van der Waals surface area contributed by atoms with Gasteiger partial charge in [0.1, 0.15) is 6.61 Å². The summed E-state index contributed by atoms with van der Waals surface area (Å²) < 4.78 is 13.3. The second-order valence-corrected chi connectivity index (χ2v) is 9.20. The van der Waals surface area contributed by atoms with Crippen molar-refractivity contribution in [2.24, 2.45) is 5.10 Å². The lowest BCUT2D eigenvalue weighted by Crippen LogP contribution is -2.20. The van der Waals surface area contributed by atoms with Gasteiger partial charge in [-0.2, -0.15) is 5.10 Å². The molecule has 10 heteroatoms. The van der Waals surface area contributed by atoms with E-state index in [9.17, 15) is 4.79 Å². The fraction of sp³-hybridized carbons (Fsp3) is 0.185. The minimum atomic E-state index is -0.256. The number of carbonyl (C=O) groups excluding carboxylic acids is 1. The number of aromatic nitrogens is 3. The fourth-order valence-corrected chi connectivity index (χ4v) is 4.38. The Hall–Kier alpha value is -3.82. The van der Waals surface area contributed by atoms with Gasteiger partial charge >= 0.3 is 0 Å². The van der Waals surface area contributed by atoms with E-state index in [1.807, 2.05) is 78.2 Å². The monoisotopic (exact) mass is 535 g/mol. The first-order chi connectivity index (χ1) is 18.1. The molecule has 4 aromatic rings. The van der Waals surface area contributed by atoms with Gasteiger partial charge in [-0.1, -0.05) is 53.7 Å². The van der Waals surface area contributed by atoms with Crippen LogP contribution in [0.3, 0.4) is 0 Å². The molecule has 0 aliphatic carbocycles.